The number of likely N-dealkylation sites (N-methyl/N-ethyl adjacent to an activating group) is 1. The van der Waals surface area contributed by atoms with Crippen molar-refractivity contribution in [3.05, 3.63) is 99.1 Å². The van der Waals surface area contributed by atoms with Gasteiger partial charge in [-0.15, -0.1) is 0 Å². The highest BCUT2D eigenvalue weighted by Gasteiger charge is 2.15. The molecule has 0 saturated carbocycles. The number of benzene rings is 3. The van der Waals surface area contributed by atoms with Crippen molar-refractivity contribution < 1.29 is 9.66 Å². The zero-order valence-electron chi connectivity index (χ0n) is 16.9. The van der Waals surface area contributed by atoms with Crippen LogP contribution in [0.15, 0.2) is 77.8 Å². The van der Waals surface area contributed by atoms with Gasteiger partial charge in [0.15, 0.2) is 0 Å². The van der Waals surface area contributed by atoms with Gasteiger partial charge in [0.05, 0.1) is 17.2 Å². The number of rotatable bonds is 5. The standard InChI is InChI=1S/C24H20ClN3O3/c1-27-15-14-26-22(21-4-2-3-5-23(21)27)12-6-17-16-19(28(29)30)9-13-24(17)31-20-10-7-18(25)8-11-20/h2-13,16H,14-15H2,1H3/b12-6+. The first-order valence-electron chi connectivity index (χ1n) is 9.76. The highest BCUT2D eigenvalue weighted by Crippen LogP contribution is 2.31. The Morgan fingerprint density at radius 1 is 1.10 bits per heavy atom. The van der Waals surface area contributed by atoms with E-state index in [-0.39, 0.29) is 5.69 Å². The SMILES string of the molecule is CN1CCN=C(/C=C/c2cc([N+](=O)[O-])ccc2Oc2ccc(Cl)cc2)c2ccccc21. The number of allylic oxidation sites excluding steroid dienone is 1. The molecule has 4 rings (SSSR count). The van der Waals surface area contributed by atoms with Crippen LogP contribution in [0, 0.1) is 10.1 Å². The van der Waals surface area contributed by atoms with Crippen LogP contribution in [0.3, 0.4) is 0 Å². The Morgan fingerprint density at radius 2 is 1.87 bits per heavy atom. The number of nitrogens with zero attached hydrogens (tertiary/aromatic N) is 3. The van der Waals surface area contributed by atoms with Crippen molar-refractivity contribution >= 4 is 34.8 Å². The number of halogens is 1. The molecule has 3 aromatic rings. The zero-order valence-corrected chi connectivity index (χ0v) is 17.6. The molecule has 0 unspecified atom stereocenters. The summed E-state index contributed by atoms with van der Waals surface area (Å²) in [5.74, 6) is 1.09. The Kier molecular flexibility index (Phi) is 6.00. The van der Waals surface area contributed by atoms with Gasteiger partial charge in [-0.05, 0) is 48.6 Å². The van der Waals surface area contributed by atoms with Crippen LogP contribution in [-0.2, 0) is 0 Å². The van der Waals surface area contributed by atoms with Crippen LogP contribution in [0.4, 0.5) is 11.4 Å². The molecular formula is C24H20ClN3O3. The molecule has 0 spiro atoms. The van der Waals surface area contributed by atoms with Gasteiger partial charge in [0.2, 0.25) is 0 Å². The minimum Gasteiger partial charge on any atom is -0.457 e. The van der Waals surface area contributed by atoms with E-state index in [2.05, 4.69) is 11.0 Å². The maximum absolute atomic E-state index is 11.3. The topological polar surface area (TPSA) is 68.0 Å². The van der Waals surface area contributed by atoms with Crippen LogP contribution in [-0.4, -0.2) is 30.8 Å². The predicted molar refractivity (Wildman–Crippen MR) is 125 cm³/mol. The van der Waals surface area contributed by atoms with Gasteiger partial charge in [-0.1, -0.05) is 29.8 Å². The normalized spacial score (nSPS) is 13.5. The number of benzodiazepines with no additional fused rings is 1. The maximum atomic E-state index is 11.3. The van der Waals surface area contributed by atoms with Gasteiger partial charge >= 0.3 is 0 Å². The molecule has 31 heavy (non-hydrogen) atoms. The van der Waals surface area contributed by atoms with E-state index in [4.69, 9.17) is 21.3 Å². The number of anilines is 1. The van der Waals surface area contributed by atoms with E-state index in [0.717, 1.165) is 23.5 Å². The number of hydrogen-bond donors (Lipinski definition) is 0. The molecular weight excluding hydrogens is 414 g/mol. The Hall–Kier alpha value is -3.64. The summed E-state index contributed by atoms with van der Waals surface area (Å²) < 4.78 is 5.97. The Bertz CT molecular complexity index is 1170. The summed E-state index contributed by atoms with van der Waals surface area (Å²) in [5.41, 5.74) is 3.52. The van der Waals surface area contributed by atoms with E-state index in [9.17, 15) is 10.1 Å². The quantitative estimate of drug-likeness (QED) is 0.366. The molecule has 7 heteroatoms. The molecule has 0 saturated heterocycles. The largest absolute Gasteiger partial charge is 0.457 e. The van der Waals surface area contributed by atoms with Crippen LogP contribution in [0.1, 0.15) is 11.1 Å². The van der Waals surface area contributed by atoms with Crippen molar-refractivity contribution in [1.29, 1.82) is 0 Å². The van der Waals surface area contributed by atoms with Crippen molar-refractivity contribution in [1.82, 2.24) is 0 Å². The van der Waals surface area contributed by atoms with E-state index in [0.29, 0.717) is 28.6 Å². The number of para-hydroxylation sites is 1. The number of aliphatic imine (C=N–C) groups is 1. The number of fused-ring (bicyclic) bond motifs is 1. The van der Waals surface area contributed by atoms with Crippen LogP contribution in [0.25, 0.3) is 6.08 Å². The van der Waals surface area contributed by atoms with Crippen molar-refractivity contribution in [2.45, 2.75) is 0 Å². The third-order valence-corrected chi connectivity index (χ3v) is 5.23. The summed E-state index contributed by atoms with van der Waals surface area (Å²) in [6, 6.07) is 19.5. The average molecular weight is 434 g/mol. The molecule has 0 bridgehead atoms. The lowest BCUT2D eigenvalue weighted by atomic mass is 10.1. The summed E-state index contributed by atoms with van der Waals surface area (Å²) in [5, 5.41) is 11.9. The van der Waals surface area contributed by atoms with Crippen molar-refractivity contribution in [2.24, 2.45) is 4.99 Å². The second-order valence-electron chi connectivity index (χ2n) is 7.07. The lowest BCUT2D eigenvalue weighted by Crippen LogP contribution is -2.20. The van der Waals surface area contributed by atoms with E-state index < -0.39 is 4.92 Å². The molecule has 156 valence electrons. The van der Waals surface area contributed by atoms with Crippen molar-refractivity contribution in [2.75, 3.05) is 25.0 Å². The molecule has 0 aromatic heterocycles. The molecule has 0 aliphatic carbocycles. The van der Waals surface area contributed by atoms with Crippen LogP contribution >= 0.6 is 11.6 Å². The second-order valence-corrected chi connectivity index (χ2v) is 7.51. The van der Waals surface area contributed by atoms with E-state index in [1.165, 1.54) is 12.1 Å². The van der Waals surface area contributed by atoms with Gasteiger partial charge in [-0.3, -0.25) is 15.1 Å². The van der Waals surface area contributed by atoms with Gasteiger partial charge in [0, 0.05) is 47.6 Å². The van der Waals surface area contributed by atoms with Gasteiger partial charge in [-0.25, -0.2) is 0 Å². The predicted octanol–water partition coefficient (Wildman–Crippen LogP) is 5.99. The molecule has 1 heterocycles. The van der Waals surface area contributed by atoms with Crippen LogP contribution < -0.4 is 9.64 Å². The first kappa shape index (κ1) is 20.6. The molecule has 1 aliphatic heterocycles. The van der Waals surface area contributed by atoms with Crippen molar-refractivity contribution in [3.8, 4) is 11.5 Å². The highest BCUT2D eigenvalue weighted by molar-refractivity contribution is 6.30. The molecule has 3 aromatic carbocycles. The van der Waals surface area contributed by atoms with Gasteiger partial charge in [-0.2, -0.15) is 0 Å². The average Bonchev–Trinajstić information content (AvgIpc) is 2.93. The summed E-state index contributed by atoms with van der Waals surface area (Å²) in [6.07, 6.45) is 3.69. The fourth-order valence-electron chi connectivity index (χ4n) is 3.36. The number of nitro benzene ring substituents is 1. The summed E-state index contributed by atoms with van der Waals surface area (Å²) in [7, 11) is 2.04. The van der Waals surface area contributed by atoms with Crippen molar-refractivity contribution in [3.63, 3.8) is 0 Å². The minimum absolute atomic E-state index is 0.00829. The third kappa shape index (κ3) is 4.75. The van der Waals surface area contributed by atoms with E-state index in [1.807, 2.05) is 31.3 Å². The van der Waals surface area contributed by atoms with Gasteiger partial charge in [0.25, 0.3) is 5.69 Å². The third-order valence-electron chi connectivity index (χ3n) is 4.98. The second kappa shape index (κ2) is 9.02. The number of ether oxygens (including phenoxy) is 1. The minimum atomic E-state index is -0.420. The summed E-state index contributed by atoms with van der Waals surface area (Å²) >= 11 is 5.94. The Balaban J connectivity index is 1.71. The Labute approximate surface area is 185 Å². The number of nitro groups is 1. The van der Waals surface area contributed by atoms with E-state index >= 15 is 0 Å². The first-order valence-corrected chi connectivity index (χ1v) is 10.1. The maximum Gasteiger partial charge on any atom is 0.270 e. The molecule has 0 fully saturated rings. The molecule has 0 radical (unpaired) electrons. The summed E-state index contributed by atoms with van der Waals surface area (Å²) in [6.45, 7) is 1.48. The number of hydrogen-bond acceptors (Lipinski definition) is 5. The first-order chi connectivity index (χ1) is 15.0. The zero-order chi connectivity index (χ0) is 21.8. The van der Waals surface area contributed by atoms with Crippen LogP contribution in [0.5, 0.6) is 11.5 Å². The van der Waals surface area contributed by atoms with E-state index in [1.54, 1.807) is 36.4 Å². The number of non-ortho nitro benzene ring substituents is 1. The lowest BCUT2D eigenvalue weighted by Gasteiger charge is -2.18. The van der Waals surface area contributed by atoms with Gasteiger partial charge < -0.3 is 9.64 Å². The fourth-order valence-corrected chi connectivity index (χ4v) is 3.49. The monoisotopic (exact) mass is 433 g/mol. The molecule has 6 nitrogen and oxygen atoms in total. The lowest BCUT2D eigenvalue weighted by molar-refractivity contribution is -0.384. The van der Waals surface area contributed by atoms with Gasteiger partial charge in [0.1, 0.15) is 11.5 Å². The summed E-state index contributed by atoms with van der Waals surface area (Å²) in [4.78, 5) is 17.8. The Morgan fingerprint density at radius 3 is 2.65 bits per heavy atom. The highest BCUT2D eigenvalue weighted by atomic mass is 35.5. The fraction of sp³-hybridized carbons (Fsp3) is 0.125. The smallest absolute Gasteiger partial charge is 0.270 e. The molecule has 0 N–H and O–H groups in total. The molecule has 1 aliphatic rings. The molecule has 0 atom stereocenters. The van der Waals surface area contributed by atoms with Crippen LogP contribution in [0.2, 0.25) is 5.02 Å². The molecule has 0 amide bonds.